The largest absolute Gasteiger partial charge is 0.323 e. The van der Waals surface area contributed by atoms with Crippen LogP contribution in [-0.2, 0) is 9.59 Å². The number of hydrogen-bond acceptors (Lipinski definition) is 4. The van der Waals surface area contributed by atoms with Crippen LogP contribution >= 0.6 is 0 Å². The van der Waals surface area contributed by atoms with E-state index in [1.54, 1.807) is 0 Å². The van der Waals surface area contributed by atoms with E-state index in [2.05, 4.69) is 39.4 Å². The summed E-state index contributed by atoms with van der Waals surface area (Å²) in [5.41, 5.74) is 3.47. The maximum Gasteiger partial charge on any atom is 0.247 e. The van der Waals surface area contributed by atoms with Crippen LogP contribution in [0.25, 0.3) is 22.0 Å². The Labute approximate surface area is 175 Å². The second-order valence-corrected chi connectivity index (χ2v) is 7.67. The minimum Gasteiger partial charge on any atom is -0.323 e. The SMILES string of the molecule is C=CC(=O)Nc1cccc(-c2ccc3[nH]nc(NC(=O)C4CCN(C)CC4)c3c2)c1. The molecule has 0 saturated carbocycles. The number of amides is 2. The number of rotatable bonds is 5. The van der Waals surface area contributed by atoms with Gasteiger partial charge in [0.15, 0.2) is 5.82 Å². The fourth-order valence-electron chi connectivity index (χ4n) is 3.75. The number of likely N-dealkylation sites (tertiary alicyclic amines) is 1. The summed E-state index contributed by atoms with van der Waals surface area (Å²) in [7, 11) is 2.08. The van der Waals surface area contributed by atoms with Crippen molar-refractivity contribution in [1.29, 1.82) is 0 Å². The lowest BCUT2D eigenvalue weighted by atomic mass is 9.96. The molecule has 0 atom stereocenters. The van der Waals surface area contributed by atoms with Gasteiger partial charge in [-0.05, 0) is 74.4 Å². The van der Waals surface area contributed by atoms with Crippen LogP contribution in [0.4, 0.5) is 11.5 Å². The number of H-pyrrole nitrogens is 1. The van der Waals surface area contributed by atoms with E-state index < -0.39 is 0 Å². The molecule has 0 spiro atoms. The molecule has 7 nitrogen and oxygen atoms in total. The number of benzene rings is 2. The first kappa shape index (κ1) is 19.8. The number of carbonyl (C=O) groups excluding carboxylic acids is 2. The normalized spacial score (nSPS) is 15.1. The number of carbonyl (C=O) groups is 2. The van der Waals surface area contributed by atoms with E-state index in [0.717, 1.165) is 48.0 Å². The molecule has 30 heavy (non-hydrogen) atoms. The lowest BCUT2D eigenvalue weighted by molar-refractivity contribution is -0.121. The predicted octanol–water partition coefficient (Wildman–Crippen LogP) is 3.63. The summed E-state index contributed by atoms with van der Waals surface area (Å²) in [4.78, 5) is 26.5. The molecule has 3 N–H and O–H groups in total. The Bertz CT molecular complexity index is 1100. The Hall–Kier alpha value is -3.45. The number of fused-ring (bicyclic) bond motifs is 1. The Morgan fingerprint density at radius 2 is 1.90 bits per heavy atom. The average molecular weight is 403 g/mol. The highest BCUT2D eigenvalue weighted by molar-refractivity contribution is 6.02. The number of nitrogens with one attached hydrogen (secondary N) is 3. The van der Waals surface area contributed by atoms with Crippen molar-refractivity contribution >= 4 is 34.2 Å². The van der Waals surface area contributed by atoms with Crippen LogP contribution in [0.3, 0.4) is 0 Å². The monoisotopic (exact) mass is 403 g/mol. The Morgan fingerprint density at radius 1 is 1.13 bits per heavy atom. The highest BCUT2D eigenvalue weighted by Gasteiger charge is 2.24. The van der Waals surface area contributed by atoms with Gasteiger partial charge in [0.1, 0.15) is 0 Å². The highest BCUT2D eigenvalue weighted by Crippen LogP contribution is 2.29. The summed E-state index contributed by atoms with van der Waals surface area (Å²) >= 11 is 0. The zero-order chi connectivity index (χ0) is 21.1. The molecule has 0 radical (unpaired) electrons. The van der Waals surface area contributed by atoms with Crippen LogP contribution in [0, 0.1) is 5.92 Å². The van der Waals surface area contributed by atoms with Crippen molar-refractivity contribution in [2.45, 2.75) is 12.8 Å². The maximum absolute atomic E-state index is 12.7. The second-order valence-electron chi connectivity index (χ2n) is 7.67. The molecule has 1 saturated heterocycles. The Balaban J connectivity index is 1.57. The van der Waals surface area contributed by atoms with Gasteiger partial charge < -0.3 is 15.5 Å². The first-order chi connectivity index (χ1) is 14.5. The molecular formula is C23H25N5O2. The van der Waals surface area contributed by atoms with Crippen molar-refractivity contribution in [3.8, 4) is 11.1 Å². The average Bonchev–Trinajstić information content (AvgIpc) is 3.16. The smallest absolute Gasteiger partial charge is 0.247 e. The van der Waals surface area contributed by atoms with Crippen molar-refractivity contribution in [3.63, 3.8) is 0 Å². The molecule has 4 rings (SSSR count). The molecule has 0 aliphatic carbocycles. The molecule has 1 aliphatic heterocycles. The van der Waals surface area contributed by atoms with E-state index in [1.165, 1.54) is 6.08 Å². The van der Waals surface area contributed by atoms with Gasteiger partial charge in [0.05, 0.1) is 5.52 Å². The third-order valence-corrected chi connectivity index (χ3v) is 5.54. The highest BCUT2D eigenvalue weighted by atomic mass is 16.2. The molecule has 7 heteroatoms. The van der Waals surface area contributed by atoms with E-state index in [4.69, 9.17) is 0 Å². The third-order valence-electron chi connectivity index (χ3n) is 5.54. The topological polar surface area (TPSA) is 90.1 Å². The van der Waals surface area contributed by atoms with Crippen LogP contribution in [-0.4, -0.2) is 47.0 Å². The van der Waals surface area contributed by atoms with Gasteiger partial charge in [-0.25, -0.2) is 0 Å². The zero-order valence-corrected chi connectivity index (χ0v) is 16.9. The number of nitrogens with zero attached hydrogens (tertiary/aromatic N) is 2. The van der Waals surface area contributed by atoms with Crippen molar-refractivity contribution < 1.29 is 9.59 Å². The molecule has 0 unspecified atom stereocenters. The van der Waals surface area contributed by atoms with Crippen LogP contribution in [0.2, 0.25) is 0 Å². The van der Waals surface area contributed by atoms with Crippen LogP contribution < -0.4 is 10.6 Å². The standard InChI is InChI=1S/C23H25N5O2/c1-3-21(29)24-18-6-4-5-16(13-18)17-7-8-20-19(14-17)22(27-26-20)25-23(30)15-9-11-28(2)12-10-15/h3-8,13-15H,1,9-12H2,2H3,(H,24,29)(H2,25,26,27,30). The molecule has 2 amide bonds. The maximum atomic E-state index is 12.7. The van der Waals surface area contributed by atoms with Crippen molar-refractivity contribution in [3.05, 3.63) is 55.1 Å². The van der Waals surface area contributed by atoms with Gasteiger partial charge in [0.2, 0.25) is 11.8 Å². The molecule has 1 aromatic heterocycles. The van der Waals surface area contributed by atoms with Gasteiger partial charge in [-0.1, -0.05) is 24.8 Å². The first-order valence-corrected chi connectivity index (χ1v) is 10.0. The first-order valence-electron chi connectivity index (χ1n) is 10.0. The lowest BCUT2D eigenvalue weighted by Crippen LogP contribution is -2.36. The summed E-state index contributed by atoms with van der Waals surface area (Å²) in [6, 6.07) is 13.5. The molecule has 154 valence electrons. The van der Waals surface area contributed by atoms with Crippen LogP contribution in [0.15, 0.2) is 55.1 Å². The number of anilines is 2. The van der Waals surface area contributed by atoms with E-state index in [1.807, 2.05) is 42.5 Å². The van der Waals surface area contributed by atoms with E-state index in [9.17, 15) is 9.59 Å². The Kier molecular flexibility index (Phi) is 5.63. The molecule has 1 fully saturated rings. The quantitative estimate of drug-likeness (QED) is 0.568. The van der Waals surface area contributed by atoms with Gasteiger partial charge in [0.25, 0.3) is 0 Å². The van der Waals surface area contributed by atoms with Gasteiger partial charge in [-0.3, -0.25) is 14.7 Å². The van der Waals surface area contributed by atoms with Gasteiger partial charge in [-0.2, -0.15) is 5.10 Å². The second kappa shape index (κ2) is 8.51. The summed E-state index contributed by atoms with van der Waals surface area (Å²) in [6.07, 6.45) is 2.96. The Morgan fingerprint density at radius 3 is 2.67 bits per heavy atom. The van der Waals surface area contributed by atoms with Gasteiger partial charge >= 0.3 is 0 Å². The molecule has 0 bridgehead atoms. The van der Waals surface area contributed by atoms with Crippen molar-refractivity contribution in [2.24, 2.45) is 5.92 Å². The minimum absolute atomic E-state index is 0.0151. The van der Waals surface area contributed by atoms with Gasteiger partial charge in [-0.15, -0.1) is 0 Å². The fourth-order valence-corrected chi connectivity index (χ4v) is 3.75. The van der Waals surface area contributed by atoms with Crippen molar-refractivity contribution in [1.82, 2.24) is 15.1 Å². The molecule has 2 heterocycles. The summed E-state index contributed by atoms with van der Waals surface area (Å²) < 4.78 is 0. The summed E-state index contributed by atoms with van der Waals surface area (Å²) in [6.45, 7) is 5.34. The number of aromatic amines is 1. The number of hydrogen-bond donors (Lipinski definition) is 3. The van der Waals surface area contributed by atoms with E-state index in [-0.39, 0.29) is 17.7 Å². The molecule has 2 aromatic carbocycles. The summed E-state index contributed by atoms with van der Waals surface area (Å²) in [5, 5.41) is 13.9. The fraction of sp³-hybridized carbons (Fsp3) is 0.261. The van der Waals surface area contributed by atoms with Crippen molar-refractivity contribution in [2.75, 3.05) is 30.8 Å². The third kappa shape index (κ3) is 4.26. The minimum atomic E-state index is -0.253. The zero-order valence-electron chi connectivity index (χ0n) is 16.9. The van der Waals surface area contributed by atoms with Crippen LogP contribution in [0.1, 0.15) is 12.8 Å². The lowest BCUT2D eigenvalue weighted by Gasteiger charge is -2.27. The summed E-state index contributed by atoms with van der Waals surface area (Å²) in [5.74, 6) is 0.334. The molecule has 1 aliphatic rings. The predicted molar refractivity (Wildman–Crippen MR) is 119 cm³/mol. The number of piperidine rings is 1. The molecule has 3 aromatic rings. The van der Waals surface area contributed by atoms with E-state index in [0.29, 0.717) is 11.5 Å². The van der Waals surface area contributed by atoms with Crippen LogP contribution in [0.5, 0.6) is 0 Å². The van der Waals surface area contributed by atoms with E-state index >= 15 is 0 Å². The molecular weight excluding hydrogens is 378 g/mol. The van der Waals surface area contributed by atoms with Gasteiger partial charge in [0, 0.05) is 17.0 Å². The number of aromatic nitrogens is 2.